The Morgan fingerprint density at radius 3 is 2.10 bits per heavy atom. The van der Waals surface area contributed by atoms with Gasteiger partial charge in [-0.1, -0.05) is 97.1 Å². The van der Waals surface area contributed by atoms with E-state index in [1.54, 1.807) is 6.08 Å². The van der Waals surface area contributed by atoms with Crippen molar-refractivity contribution in [3.05, 3.63) is 143 Å². The van der Waals surface area contributed by atoms with Gasteiger partial charge in [0.05, 0.1) is 5.70 Å². The summed E-state index contributed by atoms with van der Waals surface area (Å²) in [6.07, 6.45) is 11.2. The van der Waals surface area contributed by atoms with E-state index in [1.807, 2.05) is 108 Å². The van der Waals surface area contributed by atoms with Gasteiger partial charge in [0.15, 0.2) is 6.10 Å². The predicted molar refractivity (Wildman–Crippen MR) is 123 cm³/mol. The number of allylic oxidation sites excluding steroid dienone is 3. The molecule has 0 aliphatic carbocycles. The molecular formula is C28H21NO2. The highest BCUT2D eigenvalue weighted by atomic mass is 16.5. The third-order valence-corrected chi connectivity index (χ3v) is 5.41. The van der Waals surface area contributed by atoms with Crippen molar-refractivity contribution in [2.24, 2.45) is 0 Å². The third-order valence-electron chi connectivity index (χ3n) is 5.41. The van der Waals surface area contributed by atoms with Crippen LogP contribution in [0.25, 0.3) is 11.8 Å². The molecule has 0 saturated carbocycles. The van der Waals surface area contributed by atoms with Crippen molar-refractivity contribution in [1.29, 1.82) is 0 Å². The first-order valence-electron chi connectivity index (χ1n) is 10.3. The van der Waals surface area contributed by atoms with Crippen LogP contribution in [0.15, 0.2) is 121 Å². The lowest BCUT2D eigenvalue weighted by atomic mass is 10.0. The minimum atomic E-state index is -0.486. The molecule has 2 aliphatic heterocycles. The largest absolute Gasteiger partial charge is 0.448 e. The second-order valence-electron chi connectivity index (χ2n) is 7.37. The van der Waals surface area contributed by atoms with Gasteiger partial charge in [-0.15, -0.1) is 0 Å². The van der Waals surface area contributed by atoms with Crippen LogP contribution in [0.1, 0.15) is 17.2 Å². The zero-order valence-corrected chi connectivity index (χ0v) is 16.9. The summed E-state index contributed by atoms with van der Waals surface area (Å²) in [5.41, 5.74) is 3.30. The van der Waals surface area contributed by atoms with Crippen LogP contribution < -0.4 is 10.4 Å². The highest BCUT2D eigenvalue weighted by molar-refractivity contribution is 5.92. The highest BCUT2D eigenvalue weighted by Gasteiger charge is 2.26. The minimum absolute atomic E-state index is 0.372. The fourth-order valence-corrected chi connectivity index (χ4v) is 3.93. The Hall–Kier alpha value is -4.11. The minimum Gasteiger partial charge on any atom is -0.448 e. The van der Waals surface area contributed by atoms with Crippen molar-refractivity contribution in [1.82, 2.24) is 4.90 Å². The molecule has 3 aromatic carbocycles. The summed E-state index contributed by atoms with van der Waals surface area (Å²) in [6.45, 7) is 0. The molecule has 150 valence electrons. The van der Waals surface area contributed by atoms with Crippen LogP contribution in [0.2, 0.25) is 0 Å². The van der Waals surface area contributed by atoms with Crippen molar-refractivity contribution in [2.75, 3.05) is 0 Å². The fraction of sp³-hybridized carbons (Fsp3) is 0.0357. The monoisotopic (exact) mass is 403 g/mol. The Bertz CT molecular complexity index is 1280. The number of esters is 1. The number of carbonyl (C=O) groups is 1. The molecule has 0 radical (unpaired) electrons. The van der Waals surface area contributed by atoms with Crippen molar-refractivity contribution in [3.8, 4) is 0 Å². The molecule has 0 aromatic heterocycles. The molecule has 2 heterocycles. The van der Waals surface area contributed by atoms with E-state index in [2.05, 4.69) is 12.1 Å². The molecule has 0 N–H and O–H groups in total. The van der Waals surface area contributed by atoms with Gasteiger partial charge in [-0.05, 0) is 34.6 Å². The molecule has 2 aliphatic rings. The molecule has 0 spiro atoms. The standard InChI is InChI=1S/C28H21NO2/c30-28(31-27(22-12-3-1-4-13-22)23-14-5-2-6-15-23)26-19-9-18-25-24-17-8-7-11-21(24)16-10-20-29(25)26/h1-20,27H. The molecule has 0 atom stereocenters. The third kappa shape index (κ3) is 3.74. The summed E-state index contributed by atoms with van der Waals surface area (Å²) >= 11 is 0. The molecule has 0 amide bonds. The van der Waals surface area contributed by atoms with Gasteiger partial charge in [0.1, 0.15) is 5.70 Å². The van der Waals surface area contributed by atoms with E-state index in [0.717, 1.165) is 27.3 Å². The van der Waals surface area contributed by atoms with Gasteiger partial charge in [0, 0.05) is 11.4 Å². The maximum absolute atomic E-state index is 13.4. The maximum atomic E-state index is 13.4. The molecule has 0 bridgehead atoms. The summed E-state index contributed by atoms with van der Waals surface area (Å²) in [7, 11) is 0. The Morgan fingerprint density at radius 2 is 1.39 bits per heavy atom. The van der Waals surface area contributed by atoms with E-state index >= 15 is 0 Å². The van der Waals surface area contributed by atoms with E-state index in [0.29, 0.717) is 5.70 Å². The van der Waals surface area contributed by atoms with Crippen LogP contribution in [0.5, 0.6) is 0 Å². The van der Waals surface area contributed by atoms with Crippen molar-refractivity contribution in [3.63, 3.8) is 0 Å². The number of rotatable bonds is 4. The van der Waals surface area contributed by atoms with E-state index in [-0.39, 0.29) is 5.97 Å². The van der Waals surface area contributed by atoms with Crippen molar-refractivity contribution in [2.45, 2.75) is 6.10 Å². The zero-order chi connectivity index (χ0) is 21.0. The van der Waals surface area contributed by atoms with Gasteiger partial charge >= 0.3 is 5.97 Å². The second-order valence-corrected chi connectivity index (χ2v) is 7.37. The van der Waals surface area contributed by atoms with Gasteiger partial charge in [-0.2, -0.15) is 0 Å². The van der Waals surface area contributed by atoms with Crippen LogP contribution in [0.3, 0.4) is 0 Å². The number of hydrogen-bond acceptors (Lipinski definition) is 3. The fourth-order valence-electron chi connectivity index (χ4n) is 3.93. The Balaban J connectivity index is 1.52. The molecule has 3 heteroatoms. The first-order chi connectivity index (χ1) is 15.3. The summed E-state index contributed by atoms with van der Waals surface area (Å²) in [6, 6.07) is 27.8. The van der Waals surface area contributed by atoms with Crippen LogP contribution in [-0.4, -0.2) is 10.9 Å². The first kappa shape index (κ1) is 18.9. The molecule has 3 nitrogen and oxygen atoms in total. The number of fused-ring (bicyclic) bond motifs is 2. The topological polar surface area (TPSA) is 29.5 Å². The summed E-state index contributed by atoms with van der Waals surface area (Å²) in [5.74, 6) is -0.372. The second kappa shape index (κ2) is 8.33. The number of carbonyl (C=O) groups excluding carboxylic acids is 1. The summed E-state index contributed by atoms with van der Waals surface area (Å²) < 4.78 is 6.10. The van der Waals surface area contributed by atoms with Gasteiger partial charge in [0.25, 0.3) is 0 Å². The van der Waals surface area contributed by atoms with E-state index < -0.39 is 6.10 Å². The number of hydrogen-bond donors (Lipinski definition) is 0. The van der Waals surface area contributed by atoms with Gasteiger partial charge in [0.2, 0.25) is 0 Å². The molecule has 5 rings (SSSR count). The highest BCUT2D eigenvalue weighted by Crippen LogP contribution is 2.29. The van der Waals surface area contributed by atoms with Crippen LogP contribution >= 0.6 is 0 Å². The Morgan fingerprint density at radius 1 is 0.742 bits per heavy atom. The van der Waals surface area contributed by atoms with E-state index in [9.17, 15) is 4.79 Å². The normalized spacial score (nSPS) is 14.3. The van der Waals surface area contributed by atoms with Crippen LogP contribution in [-0.2, 0) is 9.53 Å². The number of nitrogens with zero attached hydrogens (tertiary/aromatic N) is 1. The van der Waals surface area contributed by atoms with Crippen molar-refractivity contribution < 1.29 is 9.53 Å². The number of benzene rings is 3. The average molecular weight is 403 g/mol. The lowest BCUT2D eigenvalue weighted by molar-refractivity contribution is -0.144. The lowest BCUT2D eigenvalue weighted by Crippen LogP contribution is -2.33. The lowest BCUT2D eigenvalue weighted by Gasteiger charge is -2.27. The first-order valence-corrected chi connectivity index (χ1v) is 10.3. The summed E-state index contributed by atoms with van der Waals surface area (Å²) in [4.78, 5) is 15.3. The summed E-state index contributed by atoms with van der Waals surface area (Å²) in [5, 5.41) is 2.19. The van der Waals surface area contributed by atoms with E-state index in [1.165, 1.54) is 0 Å². The van der Waals surface area contributed by atoms with Gasteiger partial charge in [-0.3, -0.25) is 0 Å². The smallest absolute Gasteiger partial charge is 0.356 e. The molecule has 0 saturated heterocycles. The van der Waals surface area contributed by atoms with Gasteiger partial charge in [-0.25, -0.2) is 4.79 Å². The average Bonchev–Trinajstić information content (AvgIpc) is 3.03. The SMILES string of the molecule is O=C(OC(c1ccccc1)c1ccccc1)C1=CC=CC2=c3ccccc3=CC=CN12. The van der Waals surface area contributed by atoms with Crippen LogP contribution in [0, 0.1) is 0 Å². The molecule has 3 aromatic rings. The predicted octanol–water partition coefficient (Wildman–Crippen LogP) is 4.19. The molecule has 0 unspecified atom stereocenters. The molecule has 31 heavy (non-hydrogen) atoms. The van der Waals surface area contributed by atoms with Crippen molar-refractivity contribution >= 4 is 17.7 Å². The molecule has 0 fully saturated rings. The van der Waals surface area contributed by atoms with Crippen LogP contribution in [0.4, 0.5) is 0 Å². The quantitative estimate of drug-likeness (QED) is 0.612. The Labute approximate surface area is 181 Å². The molecular weight excluding hydrogens is 382 g/mol. The zero-order valence-electron chi connectivity index (χ0n) is 16.9. The van der Waals surface area contributed by atoms with Gasteiger partial charge < -0.3 is 9.64 Å². The van der Waals surface area contributed by atoms with E-state index in [4.69, 9.17) is 4.74 Å². The number of ether oxygens (including phenoxy) is 1. The Kier molecular flexibility index (Phi) is 5.07. The maximum Gasteiger partial charge on any atom is 0.356 e.